The molecule has 0 aromatic heterocycles. The average Bonchev–Trinajstić information content (AvgIpc) is 2.64. The van der Waals surface area contributed by atoms with E-state index in [1.807, 2.05) is 0 Å². The van der Waals surface area contributed by atoms with E-state index in [0.29, 0.717) is 39.3 Å². The van der Waals surface area contributed by atoms with E-state index in [-0.39, 0.29) is 10.6 Å². The van der Waals surface area contributed by atoms with E-state index >= 15 is 0 Å². The van der Waals surface area contributed by atoms with Crippen molar-refractivity contribution >= 4 is 10.0 Å². The number of nitrogens with one attached hydrogen (secondary N) is 1. The van der Waals surface area contributed by atoms with Crippen LogP contribution in [0.15, 0.2) is 53.4 Å². The highest BCUT2D eigenvalue weighted by Crippen LogP contribution is 2.18. The summed E-state index contributed by atoms with van der Waals surface area (Å²) in [6, 6.07) is 11.6. The Bertz CT molecular complexity index is 853. The fourth-order valence-electron chi connectivity index (χ4n) is 2.95. The second-order valence-electron chi connectivity index (χ2n) is 6.11. The molecule has 2 aromatic rings. The topological polar surface area (TPSA) is 51.0 Å². The van der Waals surface area contributed by atoms with Gasteiger partial charge in [-0.25, -0.2) is 17.2 Å². The van der Waals surface area contributed by atoms with Crippen molar-refractivity contribution in [3.8, 4) is 5.75 Å². The predicted octanol–water partition coefficient (Wildman–Crippen LogP) is 0.933. The van der Waals surface area contributed by atoms with Gasteiger partial charge >= 0.3 is 0 Å². The van der Waals surface area contributed by atoms with Crippen molar-refractivity contribution < 1.29 is 26.8 Å². The smallest absolute Gasteiger partial charge is 0.246 e. The van der Waals surface area contributed by atoms with E-state index in [1.54, 1.807) is 18.2 Å². The Morgan fingerprint density at radius 1 is 0.962 bits per heavy atom. The summed E-state index contributed by atoms with van der Waals surface area (Å²) in [5.74, 6) is -0.920. The van der Waals surface area contributed by atoms with E-state index in [0.717, 1.165) is 6.07 Å². The van der Waals surface area contributed by atoms with Crippen LogP contribution in [0.2, 0.25) is 0 Å². The lowest BCUT2D eigenvalue weighted by Gasteiger charge is -2.31. The largest absolute Gasteiger partial charge is 0.485 e. The first-order valence-electron chi connectivity index (χ1n) is 8.44. The third-order valence-electron chi connectivity index (χ3n) is 4.43. The number of ether oxygens (including phenoxy) is 1. The van der Waals surface area contributed by atoms with Gasteiger partial charge in [0, 0.05) is 0 Å². The molecule has 0 spiro atoms. The Morgan fingerprint density at radius 3 is 2.23 bits per heavy atom. The first-order chi connectivity index (χ1) is 12.5. The van der Waals surface area contributed by atoms with Crippen molar-refractivity contribution in [2.75, 3.05) is 39.3 Å². The molecule has 0 unspecified atom stereocenters. The fourth-order valence-corrected chi connectivity index (χ4v) is 4.46. The predicted molar refractivity (Wildman–Crippen MR) is 92.6 cm³/mol. The molecule has 1 N–H and O–H groups in total. The van der Waals surface area contributed by atoms with E-state index in [9.17, 15) is 17.2 Å². The van der Waals surface area contributed by atoms with Crippen molar-refractivity contribution in [1.82, 2.24) is 4.31 Å². The van der Waals surface area contributed by atoms with Gasteiger partial charge in [0.2, 0.25) is 10.0 Å². The summed E-state index contributed by atoms with van der Waals surface area (Å²) in [6.45, 7) is 2.79. The molecule has 0 amide bonds. The molecular formula is C18H21F2N2O3S+. The van der Waals surface area contributed by atoms with Gasteiger partial charge in [-0.1, -0.05) is 24.3 Å². The Balaban J connectivity index is 1.51. The number of sulfonamides is 1. The summed E-state index contributed by atoms with van der Waals surface area (Å²) in [5, 5.41) is 0. The van der Waals surface area contributed by atoms with Gasteiger partial charge < -0.3 is 9.64 Å². The molecule has 26 heavy (non-hydrogen) atoms. The van der Waals surface area contributed by atoms with Crippen LogP contribution in [-0.2, 0) is 10.0 Å². The highest BCUT2D eigenvalue weighted by molar-refractivity contribution is 7.89. The Hall–Kier alpha value is -2.03. The summed E-state index contributed by atoms with van der Waals surface area (Å²) in [4.78, 5) is 0.882. The van der Waals surface area contributed by atoms with Crippen LogP contribution >= 0.6 is 0 Å². The first kappa shape index (κ1) is 18.8. The van der Waals surface area contributed by atoms with Crippen molar-refractivity contribution in [3.05, 3.63) is 60.2 Å². The van der Waals surface area contributed by atoms with Crippen LogP contribution < -0.4 is 9.64 Å². The zero-order chi connectivity index (χ0) is 18.6. The summed E-state index contributed by atoms with van der Waals surface area (Å²) < 4.78 is 59.2. The molecule has 1 saturated heterocycles. The monoisotopic (exact) mass is 383 g/mol. The Labute approximate surface area is 151 Å². The molecular weight excluding hydrogens is 362 g/mol. The highest BCUT2D eigenvalue weighted by Gasteiger charge is 2.31. The van der Waals surface area contributed by atoms with Crippen LogP contribution in [0.4, 0.5) is 8.78 Å². The number of hydrogen-bond donors (Lipinski definition) is 1. The molecule has 1 fully saturated rings. The molecule has 1 aliphatic heterocycles. The second kappa shape index (κ2) is 8.11. The number of benzene rings is 2. The average molecular weight is 383 g/mol. The summed E-state index contributed by atoms with van der Waals surface area (Å²) in [7, 11) is -3.82. The molecule has 0 atom stereocenters. The number of halogens is 2. The van der Waals surface area contributed by atoms with Gasteiger partial charge in [-0.2, -0.15) is 4.31 Å². The maximum atomic E-state index is 13.8. The van der Waals surface area contributed by atoms with E-state index in [1.165, 1.54) is 33.5 Å². The quantitative estimate of drug-likeness (QED) is 0.808. The van der Waals surface area contributed by atoms with Gasteiger partial charge in [-0.15, -0.1) is 0 Å². The summed E-state index contributed by atoms with van der Waals surface area (Å²) in [5.41, 5.74) is 0. The Kier molecular flexibility index (Phi) is 5.85. The zero-order valence-electron chi connectivity index (χ0n) is 14.2. The van der Waals surface area contributed by atoms with Crippen LogP contribution in [0, 0.1) is 11.6 Å². The maximum absolute atomic E-state index is 13.8. The molecule has 2 aromatic carbocycles. The molecule has 5 nitrogen and oxygen atoms in total. The van der Waals surface area contributed by atoms with Gasteiger partial charge in [0.05, 0.1) is 26.2 Å². The lowest BCUT2D eigenvalue weighted by molar-refractivity contribution is -0.903. The summed E-state index contributed by atoms with van der Waals surface area (Å²) >= 11 is 0. The molecule has 1 aliphatic rings. The maximum Gasteiger partial charge on any atom is 0.246 e. The lowest BCUT2D eigenvalue weighted by atomic mass is 10.3. The minimum Gasteiger partial charge on any atom is -0.485 e. The second-order valence-corrected chi connectivity index (χ2v) is 8.02. The molecule has 0 bridgehead atoms. The molecule has 0 radical (unpaired) electrons. The van der Waals surface area contributed by atoms with E-state index < -0.39 is 21.7 Å². The van der Waals surface area contributed by atoms with Crippen molar-refractivity contribution in [3.63, 3.8) is 0 Å². The van der Waals surface area contributed by atoms with Gasteiger partial charge in [0.25, 0.3) is 0 Å². The summed E-state index contributed by atoms with van der Waals surface area (Å²) in [6.07, 6.45) is 0. The number of nitrogens with zero attached hydrogens (tertiary/aromatic N) is 1. The number of rotatable bonds is 6. The molecule has 0 aliphatic carbocycles. The Morgan fingerprint density at radius 2 is 1.58 bits per heavy atom. The third kappa shape index (κ3) is 4.20. The number of para-hydroxylation sites is 1. The lowest BCUT2D eigenvalue weighted by Crippen LogP contribution is -3.15. The van der Waals surface area contributed by atoms with Crippen molar-refractivity contribution in [2.45, 2.75) is 4.90 Å². The van der Waals surface area contributed by atoms with E-state index in [2.05, 4.69) is 0 Å². The van der Waals surface area contributed by atoms with Crippen molar-refractivity contribution in [2.24, 2.45) is 0 Å². The minimum atomic E-state index is -3.82. The molecule has 3 rings (SSSR count). The third-order valence-corrected chi connectivity index (χ3v) is 6.37. The fraction of sp³-hybridized carbons (Fsp3) is 0.333. The van der Waals surface area contributed by atoms with Gasteiger partial charge in [0.1, 0.15) is 23.9 Å². The van der Waals surface area contributed by atoms with Crippen molar-refractivity contribution in [1.29, 1.82) is 0 Å². The van der Waals surface area contributed by atoms with Gasteiger partial charge in [0.15, 0.2) is 11.6 Å². The van der Waals surface area contributed by atoms with E-state index in [4.69, 9.17) is 4.74 Å². The zero-order valence-corrected chi connectivity index (χ0v) is 15.0. The van der Waals surface area contributed by atoms with Crippen LogP contribution in [0.25, 0.3) is 0 Å². The first-order valence-corrected chi connectivity index (χ1v) is 9.88. The number of hydrogen-bond acceptors (Lipinski definition) is 3. The van der Waals surface area contributed by atoms with Crippen LogP contribution in [0.1, 0.15) is 0 Å². The number of quaternary nitrogens is 1. The molecule has 1 heterocycles. The SMILES string of the molecule is O=S(=O)(c1ccccc1F)N1CC[NH+](CCOc2ccccc2F)CC1. The normalized spacial score (nSPS) is 16.5. The molecule has 8 heteroatoms. The van der Waals surface area contributed by atoms with Crippen LogP contribution in [-0.4, -0.2) is 52.1 Å². The van der Waals surface area contributed by atoms with Crippen LogP contribution in [0.5, 0.6) is 5.75 Å². The van der Waals surface area contributed by atoms with Gasteiger partial charge in [-0.3, -0.25) is 0 Å². The minimum absolute atomic E-state index is 0.215. The highest BCUT2D eigenvalue weighted by atomic mass is 32.2. The van der Waals surface area contributed by atoms with Gasteiger partial charge in [-0.05, 0) is 24.3 Å². The number of piperazine rings is 1. The molecule has 0 saturated carbocycles. The molecule has 140 valence electrons. The standard InChI is InChI=1S/C18H20F2N2O3S/c19-15-5-1-3-7-17(15)25-14-13-21-9-11-22(12-10-21)26(23,24)18-8-4-2-6-16(18)20/h1-8H,9-14H2/p+1. The van der Waals surface area contributed by atoms with Crippen LogP contribution in [0.3, 0.4) is 0 Å².